The number of nitrogens with one attached hydrogen (secondary N) is 1. The molecule has 0 saturated heterocycles. The molecular formula is C13H16N2O3S2. The molecule has 0 saturated carbocycles. The van der Waals surface area contributed by atoms with Crippen LogP contribution in [0.3, 0.4) is 0 Å². The number of aromatic nitrogens is 1. The van der Waals surface area contributed by atoms with Gasteiger partial charge in [-0.25, -0.2) is 18.1 Å². The quantitative estimate of drug-likeness (QED) is 0.850. The van der Waals surface area contributed by atoms with E-state index >= 15 is 0 Å². The largest absolute Gasteiger partial charge is 0.392 e. The predicted octanol–water partition coefficient (Wildman–Crippen LogP) is 1.68. The SMILES string of the molecule is CCc1ccc(S(=O)(=O)NCc2nccs2)cc1CO. The van der Waals surface area contributed by atoms with Gasteiger partial charge in [0.2, 0.25) is 10.0 Å². The van der Waals surface area contributed by atoms with Crippen LogP contribution in [0.5, 0.6) is 0 Å². The third kappa shape index (κ3) is 3.43. The van der Waals surface area contributed by atoms with Gasteiger partial charge < -0.3 is 5.11 Å². The Kier molecular flexibility index (Phi) is 4.87. The predicted molar refractivity (Wildman–Crippen MR) is 77.9 cm³/mol. The Bertz CT molecular complexity index is 667. The van der Waals surface area contributed by atoms with Gasteiger partial charge in [-0.15, -0.1) is 11.3 Å². The van der Waals surface area contributed by atoms with Gasteiger partial charge in [0.25, 0.3) is 0 Å². The highest BCUT2D eigenvalue weighted by Gasteiger charge is 2.15. The van der Waals surface area contributed by atoms with E-state index in [-0.39, 0.29) is 18.0 Å². The molecular weight excluding hydrogens is 296 g/mol. The van der Waals surface area contributed by atoms with Gasteiger partial charge in [0.15, 0.2) is 0 Å². The highest BCUT2D eigenvalue weighted by atomic mass is 32.2. The van der Waals surface area contributed by atoms with Crippen LogP contribution in [0, 0.1) is 0 Å². The van der Waals surface area contributed by atoms with Crippen LogP contribution in [0.1, 0.15) is 23.1 Å². The average Bonchev–Trinajstić information content (AvgIpc) is 2.97. The molecule has 108 valence electrons. The summed E-state index contributed by atoms with van der Waals surface area (Å²) < 4.78 is 26.9. The molecule has 0 amide bonds. The third-order valence-corrected chi connectivity index (χ3v) is 5.11. The zero-order valence-corrected chi connectivity index (χ0v) is 12.7. The number of rotatable bonds is 6. The van der Waals surface area contributed by atoms with E-state index in [0.717, 1.165) is 12.0 Å². The average molecular weight is 312 g/mol. The number of sulfonamides is 1. The molecule has 1 heterocycles. The van der Waals surface area contributed by atoms with E-state index in [1.807, 2.05) is 6.92 Å². The van der Waals surface area contributed by atoms with E-state index in [1.165, 1.54) is 17.4 Å². The van der Waals surface area contributed by atoms with Crippen molar-refractivity contribution in [3.8, 4) is 0 Å². The van der Waals surface area contributed by atoms with Gasteiger partial charge in [-0.2, -0.15) is 0 Å². The van der Waals surface area contributed by atoms with E-state index in [0.29, 0.717) is 10.6 Å². The molecule has 0 atom stereocenters. The highest BCUT2D eigenvalue weighted by molar-refractivity contribution is 7.89. The number of aliphatic hydroxyl groups is 1. The first-order chi connectivity index (χ1) is 9.56. The van der Waals surface area contributed by atoms with E-state index in [1.54, 1.807) is 23.7 Å². The topological polar surface area (TPSA) is 79.3 Å². The second kappa shape index (κ2) is 6.45. The highest BCUT2D eigenvalue weighted by Crippen LogP contribution is 2.17. The first kappa shape index (κ1) is 15.1. The van der Waals surface area contributed by atoms with Crippen LogP contribution in [0.15, 0.2) is 34.7 Å². The molecule has 2 N–H and O–H groups in total. The summed E-state index contributed by atoms with van der Waals surface area (Å²) >= 11 is 1.39. The van der Waals surface area contributed by atoms with Crippen LogP contribution < -0.4 is 4.72 Å². The summed E-state index contributed by atoms with van der Waals surface area (Å²) in [5.74, 6) is 0. The van der Waals surface area contributed by atoms with Gasteiger partial charge in [0, 0.05) is 11.6 Å². The van der Waals surface area contributed by atoms with Crippen molar-refractivity contribution in [3.63, 3.8) is 0 Å². The Hall–Kier alpha value is -1.28. The molecule has 7 heteroatoms. The Morgan fingerprint density at radius 3 is 2.75 bits per heavy atom. The maximum atomic E-state index is 12.2. The smallest absolute Gasteiger partial charge is 0.240 e. The van der Waals surface area contributed by atoms with E-state index in [2.05, 4.69) is 9.71 Å². The zero-order chi connectivity index (χ0) is 14.6. The van der Waals surface area contributed by atoms with Crippen molar-refractivity contribution in [2.45, 2.75) is 31.4 Å². The summed E-state index contributed by atoms with van der Waals surface area (Å²) in [6, 6.07) is 4.81. The maximum absolute atomic E-state index is 12.2. The number of nitrogens with zero attached hydrogens (tertiary/aromatic N) is 1. The monoisotopic (exact) mass is 312 g/mol. The normalized spacial score (nSPS) is 11.7. The standard InChI is InChI=1S/C13H16N2O3S2/c1-2-10-3-4-12(7-11(10)9-16)20(17,18)15-8-13-14-5-6-19-13/h3-7,15-16H,2,8-9H2,1H3. The molecule has 0 bridgehead atoms. The summed E-state index contributed by atoms with van der Waals surface area (Å²) in [7, 11) is -3.59. The maximum Gasteiger partial charge on any atom is 0.240 e. The molecule has 0 aliphatic heterocycles. The van der Waals surface area contributed by atoms with Gasteiger partial charge >= 0.3 is 0 Å². The fraction of sp³-hybridized carbons (Fsp3) is 0.308. The zero-order valence-electron chi connectivity index (χ0n) is 11.0. The minimum atomic E-state index is -3.59. The molecule has 0 spiro atoms. The van der Waals surface area contributed by atoms with Crippen molar-refractivity contribution in [1.82, 2.24) is 9.71 Å². The molecule has 2 rings (SSSR count). The Morgan fingerprint density at radius 2 is 2.15 bits per heavy atom. The number of thiazole rings is 1. The second-order valence-electron chi connectivity index (χ2n) is 4.19. The van der Waals surface area contributed by atoms with Crippen molar-refractivity contribution in [2.75, 3.05) is 0 Å². The Balaban J connectivity index is 2.20. The lowest BCUT2D eigenvalue weighted by Crippen LogP contribution is -2.23. The van der Waals surface area contributed by atoms with Gasteiger partial charge in [-0.3, -0.25) is 0 Å². The first-order valence-electron chi connectivity index (χ1n) is 6.17. The van der Waals surface area contributed by atoms with Crippen LogP contribution in [0.25, 0.3) is 0 Å². The summed E-state index contributed by atoms with van der Waals surface area (Å²) in [6.45, 7) is 1.96. The van der Waals surface area contributed by atoms with Crippen molar-refractivity contribution in [1.29, 1.82) is 0 Å². The van der Waals surface area contributed by atoms with Crippen molar-refractivity contribution in [3.05, 3.63) is 45.9 Å². The molecule has 0 aliphatic rings. The summed E-state index contributed by atoms with van der Waals surface area (Å²) in [5, 5.41) is 11.8. The molecule has 5 nitrogen and oxygen atoms in total. The van der Waals surface area contributed by atoms with Crippen LogP contribution >= 0.6 is 11.3 Å². The lowest BCUT2D eigenvalue weighted by Gasteiger charge is -2.09. The third-order valence-electron chi connectivity index (χ3n) is 2.94. The van der Waals surface area contributed by atoms with Crippen molar-refractivity contribution >= 4 is 21.4 Å². The molecule has 0 radical (unpaired) electrons. The number of aliphatic hydroxyl groups excluding tert-OH is 1. The second-order valence-corrected chi connectivity index (χ2v) is 6.94. The number of benzene rings is 1. The molecule has 2 aromatic rings. The molecule has 20 heavy (non-hydrogen) atoms. The van der Waals surface area contributed by atoms with Crippen LogP contribution in [0.4, 0.5) is 0 Å². The van der Waals surface area contributed by atoms with Crippen LogP contribution in [-0.4, -0.2) is 18.5 Å². The first-order valence-corrected chi connectivity index (χ1v) is 8.53. The van der Waals surface area contributed by atoms with Crippen LogP contribution in [-0.2, 0) is 29.6 Å². The lowest BCUT2D eigenvalue weighted by atomic mass is 10.1. The van der Waals surface area contributed by atoms with E-state index in [9.17, 15) is 13.5 Å². The molecule has 1 aromatic heterocycles. The summed E-state index contributed by atoms with van der Waals surface area (Å²) in [6.07, 6.45) is 2.39. The number of aryl methyl sites for hydroxylation is 1. The molecule has 1 aromatic carbocycles. The van der Waals surface area contributed by atoms with Gasteiger partial charge in [-0.1, -0.05) is 13.0 Å². The lowest BCUT2D eigenvalue weighted by molar-refractivity contribution is 0.280. The van der Waals surface area contributed by atoms with Gasteiger partial charge in [-0.05, 0) is 29.7 Å². The number of hydrogen-bond acceptors (Lipinski definition) is 5. The molecule has 0 unspecified atom stereocenters. The van der Waals surface area contributed by atoms with E-state index < -0.39 is 10.0 Å². The molecule has 0 fully saturated rings. The Labute approximate surface area is 122 Å². The van der Waals surface area contributed by atoms with E-state index in [4.69, 9.17) is 0 Å². The minimum Gasteiger partial charge on any atom is -0.392 e. The summed E-state index contributed by atoms with van der Waals surface area (Å²) in [5.41, 5.74) is 1.59. The van der Waals surface area contributed by atoms with Crippen LogP contribution in [0.2, 0.25) is 0 Å². The fourth-order valence-electron chi connectivity index (χ4n) is 1.84. The van der Waals surface area contributed by atoms with Gasteiger partial charge in [0.05, 0.1) is 18.0 Å². The fourth-order valence-corrected chi connectivity index (χ4v) is 3.53. The molecule has 0 aliphatic carbocycles. The van der Waals surface area contributed by atoms with Gasteiger partial charge in [0.1, 0.15) is 5.01 Å². The van der Waals surface area contributed by atoms with Crippen molar-refractivity contribution < 1.29 is 13.5 Å². The minimum absolute atomic E-state index is 0.162. The number of hydrogen-bond donors (Lipinski definition) is 2. The van der Waals surface area contributed by atoms with Crippen molar-refractivity contribution in [2.24, 2.45) is 0 Å². The summed E-state index contributed by atoms with van der Waals surface area (Å²) in [4.78, 5) is 4.19. The Morgan fingerprint density at radius 1 is 1.35 bits per heavy atom.